The highest BCUT2D eigenvalue weighted by Crippen LogP contribution is 2.67. The van der Waals surface area contributed by atoms with E-state index >= 15 is 0 Å². The summed E-state index contributed by atoms with van der Waals surface area (Å²) < 4.78 is 1.76. The van der Waals surface area contributed by atoms with Gasteiger partial charge in [-0.05, 0) is 68.4 Å². The highest BCUT2D eigenvalue weighted by atomic mass is 35.5. The summed E-state index contributed by atoms with van der Waals surface area (Å²) in [5.74, 6) is 6.74. The highest BCUT2D eigenvalue weighted by molar-refractivity contribution is 6.30. The molecular formula is C38H29ClN6O3. The van der Waals surface area contributed by atoms with Gasteiger partial charge in [0.2, 0.25) is 11.7 Å². The molecule has 0 aliphatic heterocycles. The lowest BCUT2D eigenvalue weighted by atomic mass is 9.92. The van der Waals surface area contributed by atoms with Gasteiger partial charge in [-0.3, -0.25) is 4.79 Å². The number of aliphatic hydroxyl groups is 2. The number of carbonyl (C=O) groups is 1. The molecule has 0 saturated heterocycles. The van der Waals surface area contributed by atoms with Gasteiger partial charge in [0, 0.05) is 30.1 Å². The van der Waals surface area contributed by atoms with E-state index in [4.69, 9.17) is 21.6 Å². The van der Waals surface area contributed by atoms with Gasteiger partial charge >= 0.3 is 0 Å². The summed E-state index contributed by atoms with van der Waals surface area (Å²) in [6, 6.07) is 25.9. The fourth-order valence-corrected chi connectivity index (χ4v) is 8.11. The standard InChI is InChI=1S/C38H29ClN6O3/c1-40-37(48)38-17-27(38)32(33(46)34(38)47)45-19-42-31-35(41-18-20-4-2-7-25(39)16-20)43-28(44-36(31)45)15-13-21-8-9-24-11-10-22-5-3-6-23-12-14-26(21)30(24)29(22)23/h2-12,14,16,19,27,32-34,46-47H,17-18H2,1H3,(H,40,48)(H,41,43,44). The number of benzene rings is 5. The van der Waals surface area contributed by atoms with Crippen molar-refractivity contribution in [3.05, 3.63) is 107 Å². The number of imidazole rings is 1. The molecule has 0 radical (unpaired) electrons. The smallest absolute Gasteiger partial charge is 0.229 e. The van der Waals surface area contributed by atoms with Crippen molar-refractivity contribution in [1.29, 1.82) is 0 Å². The van der Waals surface area contributed by atoms with E-state index in [-0.39, 0.29) is 17.6 Å². The summed E-state index contributed by atoms with van der Waals surface area (Å²) in [5, 5.41) is 35.9. The minimum atomic E-state index is -1.21. The van der Waals surface area contributed by atoms with Crippen LogP contribution in [0.15, 0.2) is 85.2 Å². The van der Waals surface area contributed by atoms with Gasteiger partial charge in [-0.25, -0.2) is 15.0 Å². The Kier molecular flexibility index (Phi) is 6.40. The molecule has 9 nitrogen and oxygen atoms in total. The van der Waals surface area contributed by atoms with Crippen molar-refractivity contribution < 1.29 is 15.0 Å². The average molecular weight is 653 g/mol. The van der Waals surface area contributed by atoms with E-state index in [0.29, 0.717) is 35.0 Å². The molecule has 2 fully saturated rings. The van der Waals surface area contributed by atoms with Crippen LogP contribution in [-0.4, -0.2) is 54.9 Å². The van der Waals surface area contributed by atoms with Gasteiger partial charge in [0.05, 0.1) is 23.9 Å². The molecule has 48 heavy (non-hydrogen) atoms. The highest BCUT2D eigenvalue weighted by Gasteiger charge is 2.75. The molecule has 2 aliphatic rings. The fraction of sp³-hybridized carbons (Fsp3) is 0.211. The normalized spacial score (nSPS) is 23.0. The number of nitrogens with one attached hydrogen (secondary N) is 2. The number of anilines is 1. The van der Waals surface area contributed by atoms with E-state index in [0.717, 1.165) is 21.9 Å². The molecule has 0 spiro atoms. The van der Waals surface area contributed by atoms with Crippen LogP contribution in [0.1, 0.15) is 29.4 Å². The molecule has 9 rings (SSSR count). The van der Waals surface area contributed by atoms with E-state index in [1.807, 2.05) is 30.3 Å². The summed E-state index contributed by atoms with van der Waals surface area (Å²) in [4.78, 5) is 27.1. The number of aliphatic hydroxyl groups excluding tert-OH is 2. The third-order valence-corrected chi connectivity index (χ3v) is 10.5. The van der Waals surface area contributed by atoms with E-state index in [1.54, 1.807) is 17.9 Å². The lowest BCUT2D eigenvalue weighted by Crippen LogP contribution is -2.41. The number of amides is 1. The minimum Gasteiger partial charge on any atom is -0.389 e. The molecule has 7 aromatic rings. The zero-order valence-electron chi connectivity index (χ0n) is 25.8. The number of fused-ring (bicyclic) bond motifs is 2. The average Bonchev–Trinajstić information content (AvgIpc) is 3.64. The van der Waals surface area contributed by atoms with E-state index in [9.17, 15) is 15.0 Å². The third-order valence-electron chi connectivity index (χ3n) is 10.3. The molecular weight excluding hydrogens is 624 g/mol. The minimum absolute atomic E-state index is 0.268. The third kappa shape index (κ3) is 4.20. The Hall–Kier alpha value is -5.27. The molecule has 5 aromatic carbocycles. The molecule has 5 atom stereocenters. The van der Waals surface area contributed by atoms with Crippen LogP contribution in [0.25, 0.3) is 43.5 Å². The number of rotatable bonds is 5. The number of hydrogen-bond acceptors (Lipinski definition) is 7. The van der Waals surface area contributed by atoms with Gasteiger partial charge in [-0.2, -0.15) is 0 Å². The number of nitrogens with zero attached hydrogens (tertiary/aromatic N) is 4. The van der Waals surface area contributed by atoms with Crippen LogP contribution < -0.4 is 10.6 Å². The second kappa shape index (κ2) is 10.6. The van der Waals surface area contributed by atoms with Crippen molar-refractivity contribution in [2.24, 2.45) is 11.3 Å². The van der Waals surface area contributed by atoms with Gasteiger partial charge in [0.15, 0.2) is 17.0 Å². The molecule has 4 N–H and O–H groups in total. The van der Waals surface area contributed by atoms with Crippen molar-refractivity contribution in [2.45, 2.75) is 31.2 Å². The molecule has 2 aliphatic carbocycles. The number of aromatic nitrogens is 4. The van der Waals surface area contributed by atoms with E-state index in [1.165, 1.54) is 21.5 Å². The first-order valence-corrected chi connectivity index (χ1v) is 16.2. The zero-order valence-corrected chi connectivity index (χ0v) is 26.5. The summed E-state index contributed by atoms with van der Waals surface area (Å²) in [6.07, 6.45) is -0.327. The maximum Gasteiger partial charge on any atom is 0.229 e. The lowest BCUT2D eigenvalue weighted by molar-refractivity contribution is -0.132. The quantitative estimate of drug-likeness (QED) is 0.145. The van der Waals surface area contributed by atoms with Gasteiger partial charge in [-0.15, -0.1) is 0 Å². The van der Waals surface area contributed by atoms with Gasteiger partial charge in [0.25, 0.3) is 0 Å². The van der Waals surface area contributed by atoms with Crippen molar-refractivity contribution in [3.8, 4) is 11.8 Å². The SMILES string of the molecule is CNC(=O)C12CC1C(n1cnc3c(NCc4cccc(Cl)c4)nc(C#Cc4ccc5ccc6cccc7ccc4c5c67)nc31)C(O)C2O. The summed E-state index contributed by atoms with van der Waals surface area (Å²) in [5.41, 5.74) is 1.72. The molecule has 2 heterocycles. The predicted octanol–water partition coefficient (Wildman–Crippen LogP) is 5.42. The summed E-state index contributed by atoms with van der Waals surface area (Å²) in [7, 11) is 1.54. The van der Waals surface area contributed by atoms with Crippen LogP contribution in [-0.2, 0) is 11.3 Å². The Balaban J connectivity index is 1.16. The largest absolute Gasteiger partial charge is 0.389 e. The molecule has 2 aromatic heterocycles. The first-order chi connectivity index (χ1) is 23.4. The van der Waals surface area contributed by atoms with Crippen LogP contribution >= 0.6 is 11.6 Å². The Morgan fingerprint density at radius 2 is 1.73 bits per heavy atom. The van der Waals surface area contributed by atoms with Crippen LogP contribution in [0.4, 0.5) is 5.82 Å². The predicted molar refractivity (Wildman–Crippen MR) is 186 cm³/mol. The van der Waals surface area contributed by atoms with Gasteiger partial charge < -0.3 is 25.4 Å². The Morgan fingerprint density at radius 1 is 0.979 bits per heavy atom. The van der Waals surface area contributed by atoms with Crippen LogP contribution in [0.2, 0.25) is 5.02 Å². The lowest BCUT2D eigenvalue weighted by Gasteiger charge is -2.23. The van der Waals surface area contributed by atoms with Crippen molar-refractivity contribution in [1.82, 2.24) is 24.8 Å². The molecule has 236 valence electrons. The fourth-order valence-electron chi connectivity index (χ4n) is 7.90. The number of hydrogen-bond donors (Lipinski definition) is 4. The summed E-state index contributed by atoms with van der Waals surface area (Å²) >= 11 is 6.24. The Morgan fingerprint density at radius 3 is 2.52 bits per heavy atom. The maximum absolute atomic E-state index is 12.8. The van der Waals surface area contributed by atoms with Gasteiger partial charge in [0.1, 0.15) is 6.10 Å². The maximum atomic E-state index is 12.8. The first-order valence-electron chi connectivity index (χ1n) is 15.9. The zero-order chi connectivity index (χ0) is 32.7. The Labute approximate surface area is 279 Å². The first kappa shape index (κ1) is 28.9. The van der Waals surface area contributed by atoms with Gasteiger partial charge in [-0.1, -0.05) is 78.2 Å². The topological polar surface area (TPSA) is 125 Å². The van der Waals surface area contributed by atoms with E-state index < -0.39 is 23.7 Å². The number of halogens is 1. The number of carbonyl (C=O) groups excluding carboxylic acids is 1. The molecule has 1 amide bonds. The molecule has 2 saturated carbocycles. The second-order valence-electron chi connectivity index (χ2n) is 12.8. The van der Waals surface area contributed by atoms with Crippen molar-refractivity contribution in [3.63, 3.8) is 0 Å². The summed E-state index contributed by atoms with van der Waals surface area (Å²) in [6.45, 7) is 0.425. The van der Waals surface area contributed by atoms with Crippen LogP contribution in [0, 0.1) is 23.2 Å². The molecule has 5 unspecified atom stereocenters. The van der Waals surface area contributed by atoms with E-state index in [2.05, 4.69) is 76.0 Å². The molecule has 10 heteroatoms. The van der Waals surface area contributed by atoms with Crippen LogP contribution in [0.5, 0.6) is 0 Å². The van der Waals surface area contributed by atoms with Crippen molar-refractivity contribution >= 4 is 66.8 Å². The van der Waals surface area contributed by atoms with Crippen molar-refractivity contribution in [2.75, 3.05) is 12.4 Å². The monoisotopic (exact) mass is 652 g/mol. The second-order valence-corrected chi connectivity index (χ2v) is 13.2. The molecule has 0 bridgehead atoms. The Bertz CT molecular complexity index is 2490. The van der Waals surface area contributed by atoms with Crippen LogP contribution in [0.3, 0.4) is 0 Å².